The van der Waals surface area contributed by atoms with E-state index in [4.69, 9.17) is 4.74 Å². The van der Waals surface area contributed by atoms with Crippen molar-refractivity contribution >= 4 is 16.9 Å². The molecular weight excluding hydrogens is 284 g/mol. The van der Waals surface area contributed by atoms with Gasteiger partial charge in [0.05, 0.1) is 35.0 Å². The second-order valence-corrected chi connectivity index (χ2v) is 6.78. The molecule has 0 aliphatic carbocycles. The Morgan fingerprint density at radius 1 is 1.23 bits per heavy atom. The quantitative estimate of drug-likeness (QED) is 0.822. The van der Waals surface area contributed by atoms with Crippen LogP contribution in [0.1, 0.15) is 38.1 Å². The molecule has 0 spiro atoms. The van der Waals surface area contributed by atoms with Gasteiger partial charge in [0.15, 0.2) is 0 Å². The molecule has 6 heteroatoms. The molecule has 0 bridgehead atoms. The zero-order valence-corrected chi connectivity index (χ0v) is 13.3. The molecule has 2 N–H and O–H groups in total. The lowest BCUT2D eigenvalue weighted by molar-refractivity contribution is -0.0100. The fraction of sp³-hybridized carbons (Fsp3) is 0.500. The number of rotatable bonds is 5. The summed E-state index contributed by atoms with van der Waals surface area (Å²) in [4.78, 5) is 12.0. The number of aliphatic hydroxyl groups is 2. The molecule has 0 unspecified atom stereocenters. The predicted octanol–water partition coefficient (Wildman–Crippen LogP) is 1.73. The second-order valence-electron chi connectivity index (χ2n) is 6.78. The maximum atomic E-state index is 12.0. The van der Waals surface area contributed by atoms with Crippen LogP contribution in [0.2, 0.25) is 0 Å². The first kappa shape index (κ1) is 16.5. The number of carbonyl (C=O) groups excluding carboxylic acids is 1. The van der Waals surface area contributed by atoms with Crippen molar-refractivity contribution < 1.29 is 19.7 Å². The van der Waals surface area contributed by atoms with Crippen molar-refractivity contribution in [3.05, 3.63) is 30.0 Å². The van der Waals surface area contributed by atoms with Crippen LogP contribution < -0.4 is 0 Å². The molecule has 0 amide bonds. The van der Waals surface area contributed by atoms with Gasteiger partial charge in [-0.05, 0) is 45.9 Å². The first-order valence-corrected chi connectivity index (χ1v) is 7.13. The highest BCUT2D eigenvalue weighted by atomic mass is 16.5. The molecule has 22 heavy (non-hydrogen) atoms. The van der Waals surface area contributed by atoms with Crippen LogP contribution in [0, 0.1) is 0 Å². The number of nitrogens with zero attached hydrogens (tertiary/aromatic N) is 2. The van der Waals surface area contributed by atoms with Crippen molar-refractivity contribution in [2.45, 2.75) is 45.4 Å². The molecule has 120 valence electrons. The highest BCUT2D eigenvalue weighted by Crippen LogP contribution is 2.19. The smallest absolute Gasteiger partial charge is 0.338 e. The van der Waals surface area contributed by atoms with Gasteiger partial charge < -0.3 is 14.9 Å². The topological polar surface area (TPSA) is 84.6 Å². The van der Waals surface area contributed by atoms with Gasteiger partial charge in [0, 0.05) is 5.39 Å². The molecule has 0 fully saturated rings. The van der Waals surface area contributed by atoms with Crippen LogP contribution in [0.4, 0.5) is 0 Å². The van der Waals surface area contributed by atoms with E-state index < -0.39 is 17.2 Å². The van der Waals surface area contributed by atoms with Gasteiger partial charge in [0.1, 0.15) is 6.61 Å². The number of hydrogen-bond acceptors (Lipinski definition) is 5. The van der Waals surface area contributed by atoms with E-state index in [1.54, 1.807) is 56.8 Å². The number of ether oxygens (including phenoxy) is 1. The third-order valence-corrected chi connectivity index (χ3v) is 2.97. The SMILES string of the molecule is CC(C)(O)COC(=O)c1ccc2c(cnn2CC(C)(C)O)c1. The Balaban J connectivity index is 2.20. The molecule has 1 aromatic carbocycles. The average molecular weight is 306 g/mol. The molecule has 0 saturated carbocycles. The number of fused-ring (bicyclic) bond motifs is 1. The number of hydrogen-bond donors (Lipinski definition) is 2. The minimum Gasteiger partial charge on any atom is -0.459 e. The largest absolute Gasteiger partial charge is 0.459 e. The van der Waals surface area contributed by atoms with Crippen LogP contribution in [0.25, 0.3) is 10.9 Å². The van der Waals surface area contributed by atoms with E-state index in [1.165, 1.54) is 0 Å². The number of benzene rings is 1. The Kier molecular flexibility index (Phi) is 4.26. The standard InChI is InChI=1S/C16H22N2O4/c1-15(2,20)9-18-13-6-5-11(7-12(13)8-17-18)14(19)22-10-16(3,4)21/h5-8,20-21H,9-10H2,1-4H3. The van der Waals surface area contributed by atoms with E-state index in [0.717, 1.165) is 10.9 Å². The Labute approximate surface area is 129 Å². The molecule has 2 rings (SSSR count). The Bertz CT molecular complexity index is 677. The Hall–Kier alpha value is -1.92. The lowest BCUT2D eigenvalue weighted by Gasteiger charge is -2.17. The minimum absolute atomic E-state index is 0.0676. The van der Waals surface area contributed by atoms with Gasteiger partial charge in [-0.3, -0.25) is 4.68 Å². The predicted molar refractivity (Wildman–Crippen MR) is 82.6 cm³/mol. The maximum absolute atomic E-state index is 12.0. The molecule has 0 aliphatic rings. The van der Waals surface area contributed by atoms with Crippen LogP contribution >= 0.6 is 0 Å². The van der Waals surface area contributed by atoms with Crippen LogP contribution in [-0.4, -0.2) is 43.8 Å². The second kappa shape index (κ2) is 5.70. The van der Waals surface area contributed by atoms with Gasteiger partial charge in [-0.15, -0.1) is 0 Å². The zero-order valence-electron chi connectivity index (χ0n) is 13.3. The van der Waals surface area contributed by atoms with Crippen molar-refractivity contribution in [3.63, 3.8) is 0 Å². The maximum Gasteiger partial charge on any atom is 0.338 e. The monoisotopic (exact) mass is 306 g/mol. The summed E-state index contributed by atoms with van der Waals surface area (Å²) in [6.07, 6.45) is 1.65. The Morgan fingerprint density at radius 3 is 2.50 bits per heavy atom. The van der Waals surface area contributed by atoms with Gasteiger partial charge in [-0.1, -0.05) is 0 Å². The summed E-state index contributed by atoms with van der Waals surface area (Å²) in [6.45, 7) is 6.86. The van der Waals surface area contributed by atoms with Gasteiger partial charge >= 0.3 is 5.97 Å². The van der Waals surface area contributed by atoms with Gasteiger partial charge in [0.2, 0.25) is 0 Å². The van der Waals surface area contributed by atoms with E-state index in [2.05, 4.69) is 5.10 Å². The third-order valence-electron chi connectivity index (χ3n) is 2.97. The molecule has 0 atom stereocenters. The highest BCUT2D eigenvalue weighted by molar-refractivity contribution is 5.94. The van der Waals surface area contributed by atoms with Gasteiger partial charge in [-0.2, -0.15) is 5.10 Å². The molecular formula is C16H22N2O4. The molecule has 0 aliphatic heterocycles. The molecule has 1 heterocycles. The van der Waals surface area contributed by atoms with Gasteiger partial charge in [-0.25, -0.2) is 4.79 Å². The third kappa shape index (κ3) is 4.29. The molecule has 0 saturated heterocycles. The summed E-state index contributed by atoms with van der Waals surface area (Å²) in [7, 11) is 0. The Morgan fingerprint density at radius 2 is 1.91 bits per heavy atom. The van der Waals surface area contributed by atoms with E-state index in [1.807, 2.05) is 0 Å². The summed E-state index contributed by atoms with van der Waals surface area (Å²) >= 11 is 0. The summed E-state index contributed by atoms with van der Waals surface area (Å²) in [6, 6.07) is 5.11. The number of esters is 1. The lowest BCUT2D eigenvalue weighted by atomic mass is 10.1. The van der Waals surface area contributed by atoms with Crippen LogP contribution in [0.3, 0.4) is 0 Å². The van der Waals surface area contributed by atoms with E-state index in [-0.39, 0.29) is 6.61 Å². The summed E-state index contributed by atoms with van der Waals surface area (Å²) < 4.78 is 6.77. The van der Waals surface area contributed by atoms with Crippen molar-refractivity contribution in [1.29, 1.82) is 0 Å². The highest BCUT2D eigenvalue weighted by Gasteiger charge is 2.19. The summed E-state index contributed by atoms with van der Waals surface area (Å²) in [5, 5.41) is 24.5. The summed E-state index contributed by atoms with van der Waals surface area (Å²) in [5.41, 5.74) is -0.693. The first-order chi connectivity index (χ1) is 10.1. The normalized spacial score (nSPS) is 12.6. The average Bonchev–Trinajstić information content (AvgIpc) is 2.75. The number of carbonyl (C=O) groups is 1. The minimum atomic E-state index is -1.06. The molecule has 1 aromatic heterocycles. The van der Waals surface area contributed by atoms with Crippen LogP contribution in [0.5, 0.6) is 0 Å². The fourth-order valence-corrected chi connectivity index (χ4v) is 2.03. The van der Waals surface area contributed by atoms with E-state index in [0.29, 0.717) is 12.1 Å². The van der Waals surface area contributed by atoms with Crippen LogP contribution in [-0.2, 0) is 11.3 Å². The lowest BCUT2D eigenvalue weighted by Crippen LogP contribution is -2.27. The van der Waals surface area contributed by atoms with E-state index >= 15 is 0 Å². The fourth-order valence-electron chi connectivity index (χ4n) is 2.03. The van der Waals surface area contributed by atoms with Crippen molar-refractivity contribution in [3.8, 4) is 0 Å². The zero-order chi connectivity index (χ0) is 16.5. The molecule has 2 aromatic rings. The summed E-state index contributed by atoms with van der Waals surface area (Å²) in [5.74, 6) is -0.487. The number of aromatic nitrogens is 2. The first-order valence-electron chi connectivity index (χ1n) is 7.13. The molecule has 6 nitrogen and oxygen atoms in total. The van der Waals surface area contributed by atoms with Crippen molar-refractivity contribution in [1.82, 2.24) is 9.78 Å². The van der Waals surface area contributed by atoms with Crippen LogP contribution in [0.15, 0.2) is 24.4 Å². The van der Waals surface area contributed by atoms with E-state index in [9.17, 15) is 15.0 Å². The molecule has 0 radical (unpaired) electrons. The van der Waals surface area contributed by atoms with Crippen molar-refractivity contribution in [2.75, 3.05) is 6.61 Å². The van der Waals surface area contributed by atoms with Crippen molar-refractivity contribution in [2.24, 2.45) is 0 Å². The van der Waals surface area contributed by atoms with Gasteiger partial charge in [0.25, 0.3) is 0 Å².